The van der Waals surface area contributed by atoms with E-state index in [1.165, 1.54) is 7.11 Å². The number of ether oxygens (including phenoxy) is 1. The van der Waals surface area contributed by atoms with Gasteiger partial charge in [0.05, 0.1) is 18.1 Å². The molecule has 0 unspecified atom stereocenters. The highest BCUT2D eigenvalue weighted by Gasteiger charge is 2.17. The minimum absolute atomic E-state index is 0.315. The number of nitrogens with zero attached hydrogens (tertiary/aromatic N) is 2. The smallest absolute Gasteiger partial charge is 0.358 e. The number of hydrogen-bond donors (Lipinski definition) is 0. The summed E-state index contributed by atoms with van der Waals surface area (Å²) in [6.07, 6.45) is 0. The molecule has 1 aromatic carbocycles. The van der Waals surface area contributed by atoms with Gasteiger partial charge in [-0.05, 0) is 33.4 Å². The highest BCUT2D eigenvalue weighted by atomic mass is 79.9. The lowest BCUT2D eigenvalue weighted by molar-refractivity contribution is 0.0597. The second-order valence-electron chi connectivity index (χ2n) is 3.83. The Hall–Kier alpha value is -1.88. The third-order valence-electron chi connectivity index (χ3n) is 2.85. The summed E-state index contributed by atoms with van der Waals surface area (Å²) < 4.78 is 7.22. The van der Waals surface area contributed by atoms with Gasteiger partial charge >= 0.3 is 5.97 Å². The number of carbonyl (C=O) groups excluding carboxylic acids is 1. The molecule has 0 saturated carbocycles. The molecule has 18 heavy (non-hydrogen) atoms. The van der Waals surface area contributed by atoms with Crippen LogP contribution in [0, 0.1) is 0 Å². The molecule has 0 aliphatic carbocycles. The molecule has 0 fully saturated rings. The first-order chi connectivity index (χ1) is 8.72. The molecule has 5 heteroatoms. The Morgan fingerprint density at radius 2 is 2.00 bits per heavy atom. The number of benzene rings is 1. The molecule has 0 amide bonds. The van der Waals surface area contributed by atoms with Gasteiger partial charge in [0.15, 0.2) is 10.4 Å². The van der Waals surface area contributed by atoms with Crippen LogP contribution < -0.4 is 0 Å². The molecular formula is C13H9BrN2O2. The van der Waals surface area contributed by atoms with Crippen molar-refractivity contribution in [1.82, 2.24) is 9.38 Å². The average Bonchev–Trinajstić information content (AvgIpc) is 2.76. The standard InChI is InChI=1S/C13H9BrN2O2/c1-18-12(17)11-10-7-6-8-4-2-3-5-9(8)16(10)13(14)15-11/h2-7H,1H3. The second-order valence-corrected chi connectivity index (χ2v) is 4.54. The van der Waals surface area contributed by atoms with Gasteiger partial charge in [-0.15, -0.1) is 0 Å². The highest BCUT2D eigenvalue weighted by molar-refractivity contribution is 9.10. The van der Waals surface area contributed by atoms with Crippen LogP contribution >= 0.6 is 15.9 Å². The van der Waals surface area contributed by atoms with Gasteiger partial charge in [0.2, 0.25) is 0 Å². The van der Waals surface area contributed by atoms with Gasteiger partial charge in [-0.25, -0.2) is 9.78 Å². The van der Waals surface area contributed by atoms with Crippen LogP contribution in [0.15, 0.2) is 41.1 Å². The number of aromatic nitrogens is 2. The Morgan fingerprint density at radius 1 is 1.22 bits per heavy atom. The Kier molecular flexibility index (Phi) is 2.56. The molecule has 0 saturated heterocycles. The predicted octanol–water partition coefficient (Wildman–Crippen LogP) is 3.04. The zero-order valence-corrected chi connectivity index (χ0v) is 11.1. The molecule has 2 aromatic heterocycles. The summed E-state index contributed by atoms with van der Waals surface area (Å²) in [5.74, 6) is -0.437. The van der Waals surface area contributed by atoms with Crippen molar-refractivity contribution in [3.8, 4) is 0 Å². The number of hydrogen-bond acceptors (Lipinski definition) is 3. The SMILES string of the molecule is COC(=O)c1nc(Br)n2c1ccc1ccccc12. The van der Waals surface area contributed by atoms with Crippen LogP contribution in [0.2, 0.25) is 0 Å². The molecular weight excluding hydrogens is 296 g/mol. The zero-order valence-electron chi connectivity index (χ0n) is 9.55. The van der Waals surface area contributed by atoms with Crippen molar-refractivity contribution in [3.05, 3.63) is 46.8 Å². The monoisotopic (exact) mass is 304 g/mol. The number of pyridine rings is 1. The first kappa shape index (κ1) is 11.2. The van der Waals surface area contributed by atoms with Crippen molar-refractivity contribution in [2.75, 3.05) is 7.11 Å². The van der Waals surface area contributed by atoms with Crippen LogP contribution in [0.3, 0.4) is 0 Å². The Bertz CT molecular complexity index is 764. The molecule has 0 bridgehead atoms. The first-order valence-corrected chi connectivity index (χ1v) is 6.15. The summed E-state index contributed by atoms with van der Waals surface area (Å²) >= 11 is 3.38. The third-order valence-corrected chi connectivity index (χ3v) is 3.38. The van der Waals surface area contributed by atoms with Crippen molar-refractivity contribution in [3.63, 3.8) is 0 Å². The number of carbonyl (C=O) groups is 1. The maximum atomic E-state index is 11.7. The average molecular weight is 305 g/mol. The van der Waals surface area contributed by atoms with E-state index in [9.17, 15) is 4.79 Å². The van der Waals surface area contributed by atoms with E-state index >= 15 is 0 Å². The van der Waals surface area contributed by atoms with Gasteiger partial charge in [-0.3, -0.25) is 4.40 Å². The van der Waals surface area contributed by atoms with Crippen LogP contribution in [0.1, 0.15) is 10.5 Å². The van der Waals surface area contributed by atoms with Gasteiger partial charge in [0, 0.05) is 0 Å². The van der Waals surface area contributed by atoms with E-state index in [4.69, 9.17) is 4.74 Å². The second kappa shape index (κ2) is 4.10. The summed E-state index contributed by atoms with van der Waals surface area (Å²) in [5, 5.41) is 1.08. The highest BCUT2D eigenvalue weighted by Crippen LogP contribution is 2.24. The molecule has 0 atom stereocenters. The van der Waals surface area contributed by atoms with E-state index in [1.807, 2.05) is 40.8 Å². The van der Waals surface area contributed by atoms with E-state index in [1.54, 1.807) is 0 Å². The van der Waals surface area contributed by atoms with Gasteiger partial charge in [0.25, 0.3) is 0 Å². The summed E-state index contributed by atoms with van der Waals surface area (Å²) in [5.41, 5.74) is 2.03. The van der Waals surface area contributed by atoms with Crippen LogP contribution in [-0.4, -0.2) is 22.5 Å². The minimum atomic E-state index is -0.437. The number of imidazole rings is 1. The third kappa shape index (κ3) is 1.51. The minimum Gasteiger partial charge on any atom is -0.464 e. The number of halogens is 1. The van der Waals surface area contributed by atoms with Crippen LogP contribution in [0.25, 0.3) is 16.4 Å². The largest absolute Gasteiger partial charge is 0.464 e. The molecule has 2 heterocycles. The van der Waals surface area contributed by atoms with Crippen molar-refractivity contribution < 1.29 is 9.53 Å². The molecule has 0 spiro atoms. The summed E-state index contributed by atoms with van der Waals surface area (Å²) in [4.78, 5) is 15.9. The molecule has 90 valence electrons. The fourth-order valence-electron chi connectivity index (χ4n) is 2.04. The van der Waals surface area contributed by atoms with Crippen molar-refractivity contribution in [2.24, 2.45) is 0 Å². The van der Waals surface area contributed by atoms with Gasteiger partial charge < -0.3 is 4.74 Å². The van der Waals surface area contributed by atoms with Gasteiger partial charge in [-0.1, -0.05) is 24.3 Å². The molecule has 0 N–H and O–H groups in total. The Balaban J connectivity index is 2.46. The number of methoxy groups -OCH3 is 1. The fraction of sp³-hybridized carbons (Fsp3) is 0.0769. The lowest BCUT2D eigenvalue weighted by Gasteiger charge is -2.03. The quantitative estimate of drug-likeness (QED) is 0.649. The summed E-state index contributed by atoms with van der Waals surface area (Å²) in [6.45, 7) is 0. The van der Waals surface area contributed by atoms with Gasteiger partial charge in [0.1, 0.15) is 0 Å². The number of fused-ring (bicyclic) bond motifs is 3. The lowest BCUT2D eigenvalue weighted by Crippen LogP contribution is -2.02. The van der Waals surface area contributed by atoms with E-state index in [2.05, 4.69) is 20.9 Å². The van der Waals surface area contributed by atoms with Gasteiger partial charge in [-0.2, -0.15) is 0 Å². The molecule has 0 aliphatic heterocycles. The van der Waals surface area contributed by atoms with Crippen molar-refractivity contribution in [1.29, 1.82) is 0 Å². The molecule has 0 aliphatic rings. The van der Waals surface area contributed by atoms with E-state index in [0.717, 1.165) is 16.4 Å². The summed E-state index contributed by atoms with van der Waals surface area (Å²) in [7, 11) is 1.35. The Morgan fingerprint density at radius 3 is 2.78 bits per heavy atom. The lowest BCUT2D eigenvalue weighted by atomic mass is 10.2. The molecule has 4 nitrogen and oxygen atoms in total. The number of para-hydroxylation sites is 1. The van der Waals surface area contributed by atoms with Crippen molar-refractivity contribution >= 4 is 38.3 Å². The van der Waals surface area contributed by atoms with Crippen LogP contribution in [0.4, 0.5) is 0 Å². The predicted molar refractivity (Wildman–Crippen MR) is 71.7 cm³/mol. The fourth-order valence-corrected chi connectivity index (χ4v) is 2.59. The van der Waals surface area contributed by atoms with E-state index in [0.29, 0.717) is 10.4 Å². The van der Waals surface area contributed by atoms with Crippen LogP contribution in [-0.2, 0) is 4.74 Å². The zero-order chi connectivity index (χ0) is 12.7. The number of rotatable bonds is 1. The van der Waals surface area contributed by atoms with Crippen LogP contribution in [0.5, 0.6) is 0 Å². The molecule has 3 rings (SSSR count). The van der Waals surface area contributed by atoms with Crippen molar-refractivity contribution in [2.45, 2.75) is 0 Å². The molecule has 0 radical (unpaired) electrons. The van der Waals surface area contributed by atoms with E-state index < -0.39 is 5.97 Å². The number of esters is 1. The first-order valence-electron chi connectivity index (χ1n) is 5.36. The maximum Gasteiger partial charge on any atom is 0.358 e. The normalized spacial score (nSPS) is 11.0. The van der Waals surface area contributed by atoms with E-state index in [-0.39, 0.29) is 0 Å². The summed E-state index contributed by atoms with van der Waals surface area (Å²) in [6, 6.07) is 11.7. The topological polar surface area (TPSA) is 43.6 Å². The maximum absolute atomic E-state index is 11.7. The molecule has 3 aromatic rings. The Labute approximate surface area is 111 Å².